The number of hydrogen-bond acceptors (Lipinski definition) is 2. The van der Waals surface area contributed by atoms with Crippen LogP contribution in [0.25, 0.3) is 0 Å². The van der Waals surface area contributed by atoms with Gasteiger partial charge in [0.2, 0.25) is 0 Å². The van der Waals surface area contributed by atoms with Gasteiger partial charge in [0, 0.05) is 0 Å². The molecule has 1 rings (SSSR count). The Morgan fingerprint density at radius 3 is 2.62 bits per heavy atom. The van der Waals surface area contributed by atoms with E-state index >= 15 is 0 Å². The number of halogens is 1. The van der Waals surface area contributed by atoms with E-state index in [2.05, 4.69) is 26.1 Å². The van der Waals surface area contributed by atoms with E-state index in [4.69, 9.17) is 5.11 Å². The summed E-state index contributed by atoms with van der Waals surface area (Å²) in [5.41, 5.74) is 0.162. The van der Waals surface area contributed by atoms with Crippen molar-refractivity contribution >= 4 is 21.9 Å². The fourth-order valence-corrected chi connectivity index (χ4v) is 1.38. The molecule has 0 bridgehead atoms. The fourth-order valence-electron chi connectivity index (χ4n) is 0.938. The average molecular weight is 249 g/mol. The summed E-state index contributed by atoms with van der Waals surface area (Å²) in [6, 6.07) is 0. The summed E-state index contributed by atoms with van der Waals surface area (Å²) in [5, 5.41) is 13.6. The van der Waals surface area contributed by atoms with Crippen LogP contribution in [0.3, 0.4) is 0 Å². The second kappa shape index (κ2) is 3.78. The first-order valence-corrected chi connectivity index (χ1v) is 4.49. The van der Waals surface area contributed by atoms with Crippen LogP contribution in [-0.2, 0) is 11.2 Å². The molecule has 0 saturated heterocycles. The molecule has 13 heavy (non-hydrogen) atoms. The van der Waals surface area contributed by atoms with E-state index in [1.807, 2.05) is 0 Å². The number of hydrogen-bond donors (Lipinski definition) is 3. The van der Waals surface area contributed by atoms with Gasteiger partial charge in [-0.2, -0.15) is 0 Å². The summed E-state index contributed by atoms with van der Waals surface area (Å²) in [6.45, 7) is 1.56. The van der Waals surface area contributed by atoms with E-state index < -0.39 is 11.9 Å². The van der Waals surface area contributed by atoms with Gasteiger partial charge >= 0.3 is 5.97 Å². The Labute approximate surface area is 82.3 Å². The maximum absolute atomic E-state index is 11.1. The standard InChI is InChI=1S/C7H9BrN2O3/c1-3(7(12)13)2-4-5(8)9-10-6(4)11/h3H,2H2,1H3,(H,12,13)(H2,9,10,11). The minimum Gasteiger partial charge on any atom is -0.481 e. The molecule has 0 aliphatic rings. The number of rotatable bonds is 3. The zero-order valence-corrected chi connectivity index (χ0v) is 8.51. The number of carboxylic acid groups (broad SMARTS) is 1. The quantitative estimate of drug-likeness (QED) is 0.738. The Kier molecular flexibility index (Phi) is 2.92. The molecule has 1 aromatic heterocycles. The van der Waals surface area contributed by atoms with Crippen LogP contribution in [0.4, 0.5) is 0 Å². The van der Waals surface area contributed by atoms with Crippen LogP contribution < -0.4 is 5.56 Å². The molecule has 3 N–H and O–H groups in total. The van der Waals surface area contributed by atoms with Crippen molar-refractivity contribution in [3.63, 3.8) is 0 Å². The average Bonchev–Trinajstić information content (AvgIpc) is 2.35. The molecule has 0 radical (unpaired) electrons. The Bertz CT molecular complexity index is 368. The highest BCUT2D eigenvalue weighted by molar-refractivity contribution is 9.10. The van der Waals surface area contributed by atoms with Crippen molar-refractivity contribution in [1.82, 2.24) is 10.2 Å². The van der Waals surface area contributed by atoms with Gasteiger partial charge in [0.15, 0.2) is 0 Å². The van der Waals surface area contributed by atoms with E-state index in [0.29, 0.717) is 10.2 Å². The van der Waals surface area contributed by atoms with Crippen LogP contribution in [0.5, 0.6) is 0 Å². The number of aromatic nitrogens is 2. The van der Waals surface area contributed by atoms with E-state index in [9.17, 15) is 9.59 Å². The van der Waals surface area contributed by atoms with Crippen LogP contribution in [0.15, 0.2) is 9.40 Å². The smallest absolute Gasteiger partial charge is 0.306 e. The highest BCUT2D eigenvalue weighted by Crippen LogP contribution is 2.13. The lowest BCUT2D eigenvalue weighted by Gasteiger charge is -2.02. The predicted octanol–water partition coefficient (Wildman–Crippen LogP) is 0.729. The molecule has 1 heterocycles. The molecular formula is C7H9BrN2O3. The lowest BCUT2D eigenvalue weighted by atomic mass is 10.0. The predicted molar refractivity (Wildman–Crippen MR) is 49.6 cm³/mol. The van der Waals surface area contributed by atoms with E-state index in [1.54, 1.807) is 6.92 Å². The molecule has 1 unspecified atom stereocenters. The molecule has 0 amide bonds. The zero-order valence-electron chi connectivity index (χ0n) is 6.93. The van der Waals surface area contributed by atoms with Crippen LogP contribution in [0.2, 0.25) is 0 Å². The first kappa shape index (κ1) is 10.0. The number of aromatic amines is 2. The largest absolute Gasteiger partial charge is 0.481 e. The molecule has 0 aliphatic carbocycles. The Hall–Kier alpha value is -1.04. The van der Waals surface area contributed by atoms with Gasteiger partial charge in [-0.25, -0.2) is 0 Å². The van der Waals surface area contributed by atoms with Crippen molar-refractivity contribution in [2.75, 3.05) is 0 Å². The maximum atomic E-state index is 11.1. The van der Waals surface area contributed by atoms with Crippen LogP contribution in [0, 0.1) is 5.92 Å². The second-order valence-electron chi connectivity index (χ2n) is 2.82. The Morgan fingerprint density at radius 1 is 1.62 bits per heavy atom. The first-order valence-electron chi connectivity index (χ1n) is 3.70. The lowest BCUT2D eigenvalue weighted by molar-refractivity contribution is -0.141. The molecule has 0 saturated carbocycles. The number of H-pyrrole nitrogens is 2. The van der Waals surface area contributed by atoms with Crippen LogP contribution in [-0.4, -0.2) is 21.3 Å². The van der Waals surface area contributed by atoms with E-state index in [0.717, 1.165) is 0 Å². The van der Waals surface area contributed by atoms with Crippen molar-refractivity contribution in [3.05, 3.63) is 20.5 Å². The summed E-state index contributed by atoms with van der Waals surface area (Å²) < 4.78 is 0.519. The molecule has 0 aliphatic heterocycles. The molecule has 5 nitrogen and oxygen atoms in total. The highest BCUT2D eigenvalue weighted by atomic mass is 79.9. The third-order valence-corrected chi connectivity index (χ3v) is 2.43. The monoisotopic (exact) mass is 248 g/mol. The van der Waals surface area contributed by atoms with Crippen molar-refractivity contribution < 1.29 is 9.90 Å². The zero-order chi connectivity index (χ0) is 10.0. The highest BCUT2D eigenvalue weighted by Gasteiger charge is 2.16. The van der Waals surface area contributed by atoms with Gasteiger partial charge in [-0.1, -0.05) is 6.92 Å². The number of nitrogens with one attached hydrogen (secondary N) is 2. The number of aliphatic carboxylic acids is 1. The molecule has 0 aromatic carbocycles. The molecule has 1 aromatic rings. The minimum absolute atomic E-state index is 0.217. The summed E-state index contributed by atoms with van der Waals surface area (Å²) >= 11 is 3.11. The SMILES string of the molecule is CC(Cc1c(Br)[nH][nH]c1=O)C(=O)O. The minimum atomic E-state index is -0.910. The third kappa shape index (κ3) is 2.21. The molecule has 0 spiro atoms. The van der Waals surface area contributed by atoms with E-state index in [-0.39, 0.29) is 12.0 Å². The summed E-state index contributed by atoms with van der Waals surface area (Å²) in [7, 11) is 0. The molecule has 1 atom stereocenters. The third-order valence-electron chi connectivity index (χ3n) is 1.76. The van der Waals surface area contributed by atoms with Gasteiger partial charge in [0.25, 0.3) is 5.56 Å². The molecule has 6 heteroatoms. The van der Waals surface area contributed by atoms with Gasteiger partial charge in [-0.15, -0.1) is 0 Å². The fraction of sp³-hybridized carbons (Fsp3) is 0.429. The van der Waals surface area contributed by atoms with E-state index in [1.165, 1.54) is 0 Å². The molecule has 72 valence electrons. The van der Waals surface area contributed by atoms with Crippen molar-refractivity contribution in [2.45, 2.75) is 13.3 Å². The lowest BCUT2D eigenvalue weighted by Crippen LogP contribution is -2.16. The van der Waals surface area contributed by atoms with Gasteiger partial charge in [-0.05, 0) is 22.4 Å². The normalized spacial score (nSPS) is 12.8. The van der Waals surface area contributed by atoms with Crippen molar-refractivity contribution in [3.8, 4) is 0 Å². The number of carbonyl (C=O) groups is 1. The molecule has 0 fully saturated rings. The van der Waals surface area contributed by atoms with Gasteiger partial charge < -0.3 is 5.11 Å². The first-order chi connectivity index (χ1) is 6.02. The topological polar surface area (TPSA) is 86.0 Å². The molecular weight excluding hydrogens is 240 g/mol. The van der Waals surface area contributed by atoms with Crippen molar-refractivity contribution in [2.24, 2.45) is 5.92 Å². The Balaban J connectivity index is 2.85. The van der Waals surface area contributed by atoms with Gasteiger partial charge in [0.1, 0.15) is 4.60 Å². The van der Waals surface area contributed by atoms with Crippen LogP contribution in [0.1, 0.15) is 12.5 Å². The summed E-state index contributed by atoms with van der Waals surface area (Å²) in [6.07, 6.45) is 0.217. The second-order valence-corrected chi connectivity index (χ2v) is 3.61. The van der Waals surface area contributed by atoms with Crippen LogP contribution >= 0.6 is 15.9 Å². The Morgan fingerprint density at radius 2 is 2.23 bits per heavy atom. The summed E-state index contributed by atoms with van der Waals surface area (Å²) in [4.78, 5) is 21.6. The van der Waals surface area contributed by atoms with Gasteiger partial charge in [0.05, 0.1) is 11.5 Å². The number of carboxylic acids is 1. The van der Waals surface area contributed by atoms with Gasteiger partial charge in [-0.3, -0.25) is 19.8 Å². The summed E-state index contributed by atoms with van der Waals surface area (Å²) in [5.74, 6) is -1.47. The maximum Gasteiger partial charge on any atom is 0.306 e. The van der Waals surface area contributed by atoms with Crippen molar-refractivity contribution in [1.29, 1.82) is 0 Å².